The molecule has 0 radical (unpaired) electrons. The summed E-state index contributed by atoms with van der Waals surface area (Å²) in [4.78, 5) is 10.2. The normalized spacial score (nSPS) is 9.69. The van der Waals surface area contributed by atoms with Crippen molar-refractivity contribution in [3.8, 4) is 0 Å². The number of carbonyl (C=O) groups is 1. The fourth-order valence-corrected chi connectivity index (χ4v) is 1.08. The van der Waals surface area contributed by atoms with Crippen LogP contribution in [0.2, 0.25) is 0 Å². The summed E-state index contributed by atoms with van der Waals surface area (Å²) in [6.45, 7) is -0.238. The lowest BCUT2D eigenvalue weighted by molar-refractivity contribution is -0.105. The zero-order valence-electron chi connectivity index (χ0n) is 7.03. The molecular formula is C9H11NO3. The Morgan fingerprint density at radius 1 is 1.31 bits per heavy atom. The molecule has 0 aliphatic heterocycles. The van der Waals surface area contributed by atoms with Gasteiger partial charge in [-0.1, -0.05) is 6.07 Å². The molecule has 1 aromatic rings. The van der Waals surface area contributed by atoms with E-state index in [-0.39, 0.29) is 13.2 Å². The van der Waals surface area contributed by atoms with Gasteiger partial charge in [0.2, 0.25) is 6.41 Å². The zero-order valence-corrected chi connectivity index (χ0v) is 7.03. The van der Waals surface area contributed by atoms with E-state index in [1.807, 2.05) is 0 Å². The maximum Gasteiger partial charge on any atom is 0.211 e. The number of carbonyl (C=O) groups excluding carboxylic acids is 1. The van der Waals surface area contributed by atoms with Crippen LogP contribution in [0.5, 0.6) is 0 Å². The van der Waals surface area contributed by atoms with Gasteiger partial charge < -0.3 is 15.5 Å². The van der Waals surface area contributed by atoms with Crippen molar-refractivity contribution in [2.24, 2.45) is 0 Å². The highest BCUT2D eigenvalue weighted by molar-refractivity contribution is 5.73. The minimum Gasteiger partial charge on any atom is -0.392 e. The molecule has 0 bridgehead atoms. The molecule has 1 rings (SSSR count). The highest BCUT2D eigenvalue weighted by atomic mass is 16.3. The largest absolute Gasteiger partial charge is 0.392 e. The maximum absolute atomic E-state index is 10.2. The van der Waals surface area contributed by atoms with Crippen molar-refractivity contribution < 1.29 is 15.0 Å². The molecule has 1 amide bonds. The van der Waals surface area contributed by atoms with Gasteiger partial charge in [-0.05, 0) is 17.7 Å². The number of benzene rings is 1. The third-order valence-corrected chi connectivity index (χ3v) is 1.74. The van der Waals surface area contributed by atoms with Gasteiger partial charge in [-0.3, -0.25) is 4.79 Å². The van der Waals surface area contributed by atoms with Crippen LogP contribution in [0.15, 0.2) is 18.2 Å². The van der Waals surface area contributed by atoms with Gasteiger partial charge in [-0.2, -0.15) is 0 Å². The van der Waals surface area contributed by atoms with Crippen molar-refractivity contribution in [1.82, 2.24) is 0 Å². The third kappa shape index (κ3) is 2.27. The molecule has 1 aromatic carbocycles. The summed E-state index contributed by atoms with van der Waals surface area (Å²) in [5, 5.41) is 20.2. The Morgan fingerprint density at radius 3 is 2.62 bits per heavy atom. The molecule has 0 saturated carbocycles. The van der Waals surface area contributed by atoms with Crippen molar-refractivity contribution in [2.45, 2.75) is 13.2 Å². The molecule has 0 aliphatic rings. The van der Waals surface area contributed by atoms with E-state index in [0.717, 1.165) is 0 Å². The standard InChI is InChI=1S/C9H11NO3/c11-4-7-1-2-9(10-6-13)8(3-7)5-12/h1-3,6,11-12H,4-5H2,(H,10,13). The second kappa shape index (κ2) is 4.59. The molecular weight excluding hydrogens is 170 g/mol. The van der Waals surface area contributed by atoms with E-state index in [4.69, 9.17) is 10.2 Å². The van der Waals surface area contributed by atoms with Gasteiger partial charge in [-0.15, -0.1) is 0 Å². The van der Waals surface area contributed by atoms with Gasteiger partial charge in [0.25, 0.3) is 0 Å². The van der Waals surface area contributed by atoms with Crippen LogP contribution in [-0.4, -0.2) is 16.6 Å². The van der Waals surface area contributed by atoms with Crippen molar-refractivity contribution in [3.05, 3.63) is 29.3 Å². The highest BCUT2D eigenvalue weighted by Crippen LogP contribution is 2.16. The van der Waals surface area contributed by atoms with Crippen LogP contribution in [0.25, 0.3) is 0 Å². The third-order valence-electron chi connectivity index (χ3n) is 1.74. The Balaban J connectivity index is 3.00. The average molecular weight is 181 g/mol. The minimum absolute atomic E-state index is 0.0750. The van der Waals surface area contributed by atoms with Crippen LogP contribution in [-0.2, 0) is 18.0 Å². The molecule has 0 heterocycles. The number of rotatable bonds is 4. The number of nitrogens with one attached hydrogen (secondary N) is 1. The first-order valence-corrected chi connectivity index (χ1v) is 3.85. The number of hydrogen-bond donors (Lipinski definition) is 3. The second-order valence-electron chi connectivity index (χ2n) is 2.57. The fraction of sp³-hybridized carbons (Fsp3) is 0.222. The highest BCUT2D eigenvalue weighted by Gasteiger charge is 2.01. The molecule has 4 nitrogen and oxygen atoms in total. The van der Waals surface area contributed by atoms with Crippen molar-refractivity contribution in [3.63, 3.8) is 0 Å². The van der Waals surface area contributed by atoms with E-state index < -0.39 is 0 Å². The van der Waals surface area contributed by atoms with Crippen LogP contribution in [0.4, 0.5) is 5.69 Å². The molecule has 4 heteroatoms. The van der Waals surface area contributed by atoms with E-state index in [9.17, 15) is 4.79 Å². The van der Waals surface area contributed by atoms with Crippen LogP contribution in [0.3, 0.4) is 0 Å². The molecule has 0 aliphatic carbocycles. The van der Waals surface area contributed by atoms with Crippen molar-refractivity contribution in [1.29, 1.82) is 0 Å². The molecule has 0 saturated heterocycles. The number of anilines is 1. The van der Waals surface area contributed by atoms with Crippen LogP contribution in [0, 0.1) is 0 Å². The number of hydrogen-bond acceptors (Lipinski definition) is 3. The van der Waals surface area contributed by atoms with Crippen LogP contribution in [0.1, 0.15) is 11.1 Å². The predicted octanol–water partition coefficient (Wildman–Crippen LogP) is 0.239. The van der Waals surface area contributed by atoms with Crippen LogP contribution >= 0.6 is 0 Å². The molecule has 70 valence electrons. The Morgan fingerprint density at radius 2 is 2.08 bits per heavy atom. The first-order valence-electron chi connectivity index (χ1n) is 3.85. The SMILES string of the molecule is O=CNc1ccc(CO)cc1CO. The van der Waals surface area contributed by atoms with Crippen LogP contribution < -0.4 is 5.32 Å². The smallest absolute Gasteiger partial charge is 0.211 e. The summed E-state index contributed by atoms with van der Waals surface area (Å²) in [6.07, 6.45) is 0.549. The molecule has 0 unspecified atom stereocenters. The monoisotopic (exact) mass is 181 g/mol. The first kappa shape index (κ1) is 9.70. The van der Waals surface area contributed by atoms with E-state index in [0.29, 0.717) is 23.2 Å². The van der Waals surface area contributed by atoms with Gasteiger partial charge in [-0.25, -0.2) is 0 Å². The fourth-order valence-electron chi connectivity index (χ4n) is 1.08. The second-order valence-corrected chi connectivity index (χ2v) is 2.57. The lowest BCUT2D eigenvalue weighted by Crippen LogP contribution is -2.00. The number of aliphatic hydroxyl groups excluding tert-OH is 2. The Kier molecular flexibility index (Phi) is 3.42. The van der Waals surface area contributed by atoms with Gasteiger partial charge in [0, 0.05) is 11.3 Å². The molecule has 3 N–H and O–H groups in total. The zero-order chi connectivity index (χ0) is 9.68. The summed E-state index contributed by atoms with van der Waals surface area (Å²) < 4.78 is 0. The van der Waals surface area contributed by atoms with E-state index in [1.165, 1.54) is 0 Å². The minimum atomic E-state index is -0.163. The summed E-state index contributed by atoms with van der Waals surface area (Å²) >= 11 is 0. The summed E-state index contributed by atoms with van der Waals surface area (Å²) in [5.74, 6) is 0. The van der Waals surface area contributed by atoms with Crippen molar-refractivity contribution >= 4 is 12.1 Å². The average Bonchev–Trinajstić information content (AvgIpc) is 2.19. The number of aliphatic hydroxyl groups is 2. The van der Waals surface area contributed by atoms with Gasteiger partial charge in [0.05, 0.1) is 13.2 Å². The van der Waals surface area contributed by atoms with E-state index in [1.54, 1.807) is 18.2 Å². The molecule has 0 atom stereocenters. The Labute approximate surface area is 75.8 Å². The van der Waals surface area contributed by atoms with Gasteiger partial charge in [0.1, 0.15) is 0 Å². The quantitative estimate of drug-likeness (QED) is 0.583. The lowest BCUT2D eigenvalue weighted by Gasteiger charge is -2.06. The molecule has 13 heavy (non-hydrogen) atoms. The van der Waals surface area contributed by atoms with E-state index in [2.05, 4.69) is 5.32 Å². The Hall–Kier alpha value is -1.39. The predicted molar refractivity (Wildman–Crippen MR) is 48.0 cm³/mol. The van der Waals surface area contributed by atoms with Gasteiger partial charge >= 0.3 is 0 Å². The topological polar surface area (TPSA) is 69.6 Å². The summed E-state index contributed by atoms with van der Waals surface area (Å²) in [6, 6.07) is 4.97. The maximum atomic E-state index is 10.2. The molecule has 0 fully saturated rings. The first-order chi connectivity index (χ1) is 6.31. The van der Waals surface area contributed by atoms with E-state index >= 15 is 0 Å². The van der Waals surface area contributed by atoms with Gasteiger partial charge in [0.15, 0.2) is 0 Å². The summed E-state index contributed by atoms with van der Waals surface area (Å²) in [7, 11) is 0. The lowest BCUT2D eigenvalue weighted by atomic mass is 10.1. The molecule has 0 aromatic heterocycles. The summed E-state index contributed by atoms with van der Waals surface area (Å²) in [5.41, 5.74) is 1.87. The van der Waals surface area contributed by atoms with Crippen molar-refractivity contribution in [2.75, 3.05) is 5.32 Å². The Bertz CT molecular complexity index is 299. The number of amides is 1. The molecule has 0 spiro atoms.